The van der Waals surface area contributed by atoms with E-state index >= 15 is 0 Å². The number of nitrogens with one attached hydrogen (secondary N) is 2. The van der Waals surface area contributed by atoms with E-state index in [0.717, 1.165) is 44.0 Å². The van der Waals surface area contributed by atoms with Crippen molar-refractivity contribution in [3.05, 3.63) is 101 Å². The number of carbonyl (C=O) groups is 2. The maximum absolute atomic E-state index is 13.0. The zero-order valence-corrected chi connectivity index (χ0v) is 22.8. The molecule has 0 spiro atoms. The number of hydrogen-bond donors (Lipinski definition) is 2. The second kappa shape index (κ2) is 12.0. The molecule has 5 rings (SSSR count). The minimum Gasteiger partial charge on any atom is -0.493 e. The van der Waals surface area contributed by atoms with E-state index < -0.39 is 5.91 Å². The molecule has 2 amide bonds. The Bertz CT molecular complexity index is 1510. The molecule has 1 aliphatic rings. The van der Waals surface area contributed by atoms with Crippen LogP contribution >= 0.6 is 0 Å². The zero-order valence-electron chi connectivity index (χ0n) is 22.8. The molecule has 0 saturated carbocycles. The smallest absolute Gasteiger partial charge is 0.277 e. The van der Waals surface area contributed by atoms with E-state index in [9.17, 15) is 9.59 Å². The Morgan fingerprint density at radius 3 is 2.38 bits per heavy atom. The van der Waals surface area contributed by atoms with Crippen LogP contribution in [0.15, 0.2) is 71.3 Å². The Morgan fingerprint density at radius 2 is 1.68 bits per heavy atom. The minimum absolute atomic E-state index is 0.150. The highest BCUT2D eigenvalue weighted by molar-refractivity contribution is 6.12. The summed E-state index contributed by atoms with van der Waals surface area (Å²) in [5.74, 6) is 1.16. The van der Waals surface area contributed by atoms with Crippen LogP contribution in [-0.2, 0) is 19.4 Å². The summed E-state index contributed by atoms with van der Waals surface area (Å²) < 4.78 is 16.0. The molecule has 1 aliphatic heterocycles. The monoisotopic (exact) mass is 540 g/mol. The van der Waals surface area contributed by atoms with Gasteiger partial charge >= 0.3 is 0 Å². The van der Waals surface area contributed by atoms with Gasteiger partial charge in [-0.05, 0) is 65.9 Å². The van der Waals surface area contributed by atoms with E-state index in [2.05, 4.69) is 32.7 Å². The van der Waals surface area contributed by atoms with Gasteiger partial charge in [-0.15, -0.1) is 0 Å². The Balaban J connectivity index is 1.17. The van der Waals surface area contributed by atoms with Gasteiger partial charge in [-0.1, -0.05) is 24.3 Å². The van der Waals surface area contributed by atoms with E-state index in [1.165, 1.54) is 23.0 Å². The molecule has 206 valence electrons. The average Bonchev–Trinajstić information content (AvgIpc) is 3.42. The lowest BCUT2D eigenvalue weighted by Gasteiger charge is -2.29. The average molecular weight is 541 g/mol. The van der Waals surface area contributed by atoms with E-state index in [4.69, 9.17) is 13.9 Å². The van der Waals surface area contributed by atoms with Crippen molar-refractivity contribution in [3.63, 3.8) is 0 Å². The number of aryl methyl sites for hydroxylation is 1. The molecule has 9 heteroatoms. The fraction of sp³-hybridized carbons (Fsp3) is 0.258. The normalized spacial score (nSPS) is 12.9. The van der Waals surface area contributed by atoms with Crippen LogP contribution in [0.2, 0.25) is 0 Å². The number of oxazole rings is 1. The molecule has 4 aromatic rings. The molecule has 0 atom stereocenters. The van der Waals surface area contributed by atoms with Gasteiger partial charge in [-0.2, -0.15) is 0 Å². The van der Waals surface area contributed by atoms with Crippen molar-refractivity contribution >= 4 is 23.2 Å². The van der Waals surface area contributed by atoms with Gasteiger partial charge in [0.1, 0.15) is 6.26 Å². The quantitative estimate of drug-likeness (QED) is 0.304. The number of amides is 2. The SMILES string of the molecule is COc1cc2c(cc1OC)CN(CCc1ccc(NC(=O)c3ccccc3NC(=O)c3coc(C)n3)cc1)CC2. The summed E-state index contributed by atoms with van der Waals surface area (Å²) in [6.07, 6.45) is 3.15. The van der Waals surface area contributed by atoms with Crippen molar-refractivity contribution in [1.82, 2.24) is 9.88 Å². The zero-order chi connectivity index (χ0) is 28.1. The summed E-state index contributed by atoms with van der Waals surface area (Å²) in [7, 11) is 3.33. The van der Waals surface area contributed by atoms with Crippen molar-refractivity contribution < 1.29 is 23.5 Å². The molecule has 9 nitrogen and oxygen atoms in total. The van der Waals surface area contributed by atoms with E-state index in [1.807, 2.05) is 24.3 Å². The van der Waals surface area contributed by atoms with Crippen LogP contribution in [0.3, 0.4) is 0 Å². The number of carbonyl (C=O) groups excluding carboxylic acids is 2. The first-order chi connectivity index (χ1) is 19.4. The van der Waals surface area contributed by atoms with Crippen LogP contribution in [0, 0.1) is 6.92 Å². The van der Waals surface area contributed by atoms with Gasteiger partial charge in [0.15, 0.2) is 23.1 Å². The molecular weight excluding hydrogens is 508 g/mol. The number of fused-ring (bicyclic) bond motifs is 1. The standard InChI is InChI=1S/C31H32N4O5/c1-20-32-27(19-40-20)31(37)34-26-7-5-4-6-25(26)30(36)33-24-10-8-21(9-11-24)12-14-35-15-13-22-16-28(38-2)29(39-3)17-23(22)18-35/h4-11,16-17,19H,12-15,18H2,1-3H3,(H,33,36)(H,34,37). The molecule has 1 aromatic heterocycles. The minimum atomic E-state index is -0.447. The van der Waals surface area contributed by atoms with Crippen molar-refractivity contribution in [2.45, 2.75) is 26.3 Å². The first-order valence-electron chi connectivity index (χ1n) is 13.1. The number of benzene rings is 3. The van der Waals surface area contributed by atoms with E-state index in [-0.39, 0.29) is 11.6 Å². The van der Waals surface area contributed by atoms with Crippen LogP contribution in [0.4, 0.5) is 11.4 Å². The third-order valence-corrected chi connectivity index (χ3v) is 7.00. The number of rotatable bonds is 9. The lowest BCUT2D eigenvalue weighted by molar-refractivity contribution is 0.102. The number of aromatic nitrogens is 1. The Hall–Kier alpha value is -4.63. The highest BCUT2D eigenvalue weighted by Crippen LogP contribution is 2.33. The van der Waals surface area contributed by atoms with Gasteiger partial charge < -0.3 is 24.5 Å². The highest BCUT2D eigenvalue weighted by atomic mass is 16.5. The van der Waals surface area contributed by atoms with Gasteiger partial charge in [-0.25, -0.2) is 4.98 Å². The van der Waals surface area contributed by atoms with E-state index in [1.54, 1.807) is 45.4 Å². The highest BCUT2D eigenvalue weighted by Gasteiger charge is 2.20. The van der Waals surface area contributed by atoms with Gasteiger partial charge in [0.05, 0.1) is 25.5 Å². The number of para-hydroxylation sites is 1. The van der Waals surface area contributed by atoms with Crippen molar-refractivity contribution in [3.8, 4) is 11.5 Å². The number of anilines is 2. The molecule has 0 aliphatic carbocycles. The van der Waals surface area contributed by atoms with Crippen LogP contribution in [0.25, 0.3) is 0 Å². The van der Waals surface area contributed by atoms with Crippen LogP contribution < -0.4 is 20.1 Å². The molecule has 0 fully saturated rings. The summed E-state index contributed by atoms with van der Waals surface area (Å²) in [4.78, 5) is 32.0. The lowest BCUT2D eigenvalue weighted by Crippen LogP contribution is -2.32. The fourth-order valence-electron chi connectivity index (χ4n) is 4.82. The molecule has 0 unspecified atom stereocenters. The summed E-state index contributed by atoms with van der Waals surface area (Å²) in [6, 6.07) is 18.9. The van der Waals surface area contributed by atoms with Crippen molar-refractivity contribution in [2.75, 3.05) is 37.9 Å². The Kier molecular flexibility index (Phi) is 8.12. The number of methoxy groups -OCH3 is 2. The van der Waals surface area contributed by atoms with E-state index in [0.29, 0.717) is 22.8 Å². The van der Waals surface area contributed by atoms with Crippen LogP contribution in [0.1, 0.15) is 43.4 Å². The third-order valence-electron chi connectivity index (χ3n) is 7.00. The molecule has 2 N–H and O–H groups in total. The predicted molar refractivity (Wildman–Crippen MR) is 152 cm³/mol. The van der Waals surface area contributed by atoms with Gasteiger partial charge in [0.25, 0.3) is 11.8 Å². The molecule has 0 radical (unpaired) electrons. The summed E-state index contributed by atoms with van der Waals surface area (Å²) in [5.41, 5.74) is 5.33. The Morgan fingerprint density at radius 1 is 0.950 bits per heavy atom. The first-order valence-corrected chi connectivity index (χ1v) is 13.1. The molecule has 0 saturated heterocycles. The third kappa shape index (κ3) is 6.16. The summed E-state index contributed by atoms with van der Waals surface area (Å²) >= 11 is 0. The topological polar surface area (TPSA) is 106 Å². The van der Waals surface area contributed by atoms with Crippen molar-refractivity contribution in [2.24, 2.45) is 0 Å². The van der Waals surface area contributed by atoms with Crippen molar-refractivity contribution in [1.29, 1.82) is 0 Å². The maximum atomic E-state index is 13.0. The lowest BCUT2D eigenvalue weighted by atomic mass is 9.98. The number of nitrogens with zero attached hydrogens (tertiary/aromatic N) is 2. The molecular formula is C31H32N4O5. The second-order valence-corrected chi connectivity index (χ2v) is 9.65. The molecule has 3 aromatic carbocycles. The molecule has 0 bridgehead atoms. The fourth-order valence-corrected chi connectivity index (χ4v) is 4.82. The second-order valence-electron chi connectivity index (χ2n) is 9.65. The van der Waals surface area contributed by atoms with Crippen LogP contribution in [-0.4, -0.2) is 49.0 Å². The van der Waals surface area contributed by atoms with Gasteiger partial charge in [-0.3, -0.25) is 14.5 Å². The molecule has 2 heterocycles. The number of ether oxygens (including phenoxy) is 2. The van der Waals surface area contributed by atoms with Crippen LogP contribution in [0.5, 0.6) is 11.5 Å². The maximum Gasteiger partial charge on any atom is 0.277 e. The summed E-state index contributed by atoms with van der Waals surface area (Å²) in [6.45, 7) is 4.45. The van der Waals surface area contributed by atoms with Gasteiger partial charge in [0.2, 0.25) is 0 Å². The van der Waals surface area contributed by atoms with Gasteiger partial charge in [0, 0.05) is 32.2 Å². The largest absolute Gasteiger partial charge is 0.493 e. The first kappa shape index (κ1) is 27.0. The summed E-state index contributed by atoms with van der Waals surface area (Å²) in [5, 5.41) is 5.66. The number of hydrogen-bond acceptors (Lipinski definition) is 7. The Labute approximate surface area is 233 Å². The molecule has 40 heavy (non-hydrogen) atoms. The predicted octanol–water partition coefficient (Wildman–Crippen LogP) is 5.11.